The summed E-state index contributed by atoms with van der Waals surface area (Å²) in [6.45, 7) is 0. The summed E-state index contributed by atoms with van der Waals surface area (Å²) in [5.74, 6) is -4.74. The first-order chi connectivity index (χ1) is 21.5. The van der Waals surface area contributed by atoms with E-state index in [1.165, 1.54) is 36.8 Å². The summed E-state index contributed by atoms with van der Waals surface area (Å²) in [5, 5.41) is 27.6. The molecule has 45 heavy (non-hydrogen) atoms. The number of carbonyl (C=O) groups is 5. The third-order valence-electron chi connectivity index (χ3n) is 7.09. The molecule has 0 fully saturated rings. The number of aromatic amines is 2. The maximum absolute atomic E-state index is 13.4. The Labute approximate surface area is 256 Å². The number of carbonyl (C=O) groups excluding carboxylic acids is 4. The molecule has 0 saturated carbocycles. The van der Waals surface area contributed by atoms with Gasteiger partial charge < -0.3 is 47.6 Å². The maximum Gasteiger partial charge on any atom is 0.326 e. The van der Waals surface area contributed by atoms with Crippen molar-refractivity contribution in [3.05, 3.63) is 84.1 Å². The predicted octanol–water partition coefficient (Wildman–Crippen LogP) is -0.634. The van der Waals surface area contributed by atoms with Crippen LogP contribution in [-0.4, -0.2) is 78.9 Å². The zero-order valence-electron chi connectivity index (χ0n) is 24.0. The number of H-pyrrole nitrogens is 2. The Bertz CT molecular complexity index is 1650. The number of aromatic nitrogens is 3. The molecule has 4 aromatic rings. The van der Waals surface area contributed by atoms with Crippen molar-refractivity contribution >= 4 is 40.5 Å². The third kappa shape index (κ3) is 8.90. The number of nitrogens with zero attached hydrogens (tertiary/aromatic N) is 1. The average molecular weight is 619 g/mol. The monoisotopic (exact) mass is 618 g/mol. The number of para-hydroxylation sites is 1. The van der Waals surface area contributed by atoms with Crippen molar-refractivity contribution in [1.82, 2.24) is 30.9 Å². The smallest absolute Gasteiger partial charge is 0.326 e. The highest BCUT2D eigenvalue weighted by atomic mass is 16.4. The van der Waals surface area contributed by atoms with E-state index in [9.17, 15) is 34.2 Å². The van der Waals surface area contributed by atoms with Crippen molar-refractivity contribution in [2.24, 2.45) is 11.5 Å². The van der Waals surface area contributed by atoms with Crippen LogP contribution in [0.2, 0.25) is 0 Å². The average Bonchev–Trinajstić information content (AvgIpc) is 3.67. The molecule has 0 aliphatic carbocycles. The van der Waals surface area contributed by atoms with E-state index in [0.29, 0.717) is 11.3 Å². The number of hydrogen-bond donors (Lipinski definition) is 9. The minimum absolute atomic E-state index is 0.0255. The molecule has 11 N–H and O–H groups in total. The molecule has 15 nitrogen and oxygen atoms in total. The number of fused-ring (bicyclic) bond motifs is 1. The molecule has 0 aliphatic rings. The van der Waals surface area contributed by atoms with E-state index in [-0.39, 0.29) is 25.0 Å². The van der Waals surface area contributed by atoms with Gasteiger partial charge in [-0.15, -0.1) is 0 Å². The lowest BCUT2D eigenvalue weighted by Crippen LogP contribution is -2.58. The fraction of sp³-hybridized carbons (Fsp3) is 0.267. The lowest BCUT2D eigenvalue weighted by molar-refractivity contribution is -0.142. The second-order valence-corrected chi connectivity index (χ2v) is 10.5. The molecule has 15 heteroatoms. The number of imidazole rings is 1. The largest absolute Gasteiger partial charge is 0.508 e. The SMILES string of the molecule is NC(=O)CC(NC(=O)C(N)Cc1c[nH]c2ccccc12)C(=O)NC(Cc1ccc(O)cc1)C(=O)NC(Cc1cnc[nH]1)C(=O)O. The molecule has 0 aliphatic heterocycles. The number of carboxylic acids is 1. The summed E-state index contributed by atoms with van der Waals surface area (Å²) in [4.78, 5) is 73.4. The van der Waals surface area contributed by atoms with Crippen molar-refractivity contribution in [2.75, 3.05) is 0 Å². The van der Waals surface area contributed by atoms with Gasteiger partial charge in [0, 0.05) is 41.8 Å². The van der Waals surface area contributed by atoms with Crippen LogP contribution < -0.4 is 27.4 Å². The second-order valence-electron chi connectivity index (χ2n) is 10.5. The molecule has 2 aromatic carbocycles. The molecule has 0 spiro atoms. The molecule has 4 atom stereocenters. The van der Waals surface area contributed by atoms with Crippen molar-refractivity contribution < 1.29 is 34.2 Å². The zero-order chi connectivity index (χ0) is 32.5. The van der Waals surface area contributed by atoms with E-state index in [0.717, 1.165) is 16.5 Å². The molecule has 0 saturated heterocycles. The van der Waals surface area contributed by atoms with Crippen LogP contribution in [0.1, 0.15) is 23.2 Å². The molecule has 0 radical (unpaired) electrons. The van der Waals surface area contributed by atoms with Gasteiger partial charge in [-0.05, 0) is 35.7 Å². The van der Waals surface area contributed by atoms with E-state index in [4.69, 9.17) is 11.5 Å². The zero-order valence-corrected chi connectivity index (χ0v) is 24.0. The standard InChI is InChI=1S/C30H34N8O7/c31-21(10-17-13-34-22-4-2-1-3-20(17)22)27(41)36-24(12-26(32)40)29(43)37-23(9-16-5-7-19(39)8-6-16)28(42)38-25(30(44)45)11-18-14-33-15-35-18/h1-8,13-15,21,23-25,34,39H,9-12,31H2,(H2,32,40)(H,33,35)(H,36,41)(H,37,43)(H,38,42)(H,44,45). The van der Waals surface area contributed by atoms with Crippen LogP contribution in [0.4, 0.5) is 0 Å². The van der Waals surface area contributed by atoms with Crippen molar-refractivity contribution in [3.8, 4) is 5.75 Å². The van der Waals surface area contributed by atoms with Gasteiger partial charge in [-0.2, -0.15) is 0 Å². The Balaban J connectivity index is 1.49. The van der Waals surface area contributed by atoms with Crippen LogP contribution >= 0.6 is 0 Å². The summed E-state index contributed by atoms with van der Waals surface area (Å²) in [6, 6.07) is 7.96. The predicted molar refractivity (Wildman–Crippen MR) is 161 cm³/mol. The molecule has 4 amide bonds. The lowest BCUT2D eigenvalue weighted by Gasteiger charge is -2.25. The molecule has 0 bridgehead atoms. The number of amides is 4. The normalized spacial score (nSPS) is 13.7. The van der Waals surface area contributed by atoms with E-state index in [1.807, 2.05) is 24.3 Å². The number of aliphatic carboxylic acids is 1. The first kappa shape index (κ1) is 32.2. The molecule has 4 unspecified atom stereocenters. The summed E-state index contributed by atoms with van der Waals surface area (Å²) >= 11 is 0. The molecular weight excluding hydrogens is 584 g/mol. The van der Waals surface area contributed by atoms with Gasteiger partial charge >= 0.3 is 5.97 Å². The number of hydrogen-bond acceptors (Lipinski definition) is 8. The van der Waals surface area contributed by atoms with Gasteiger partial charge in [0.2, 0.25) is 23.6 Å². The molecule has 4 rings (SSSR count). The highest BCUT2D eigenvalue weighted by Crippen LogP contribution is 2.19. The first-order valence-electron chi connectivity index (χ1n) is 14.0. The van der Waals surface area contributed by atoms with Crippen LogP contribution in [0.3, 0.4) is 0 Å². The summed E-state index contributed by atoms with van der Waals surface area (Å²) < 4.78 is 0. The van der Waals surface area contributed by atoms with Crippen molar-refractivity contribution in [2.45, 2.75) is 49.9 Å². The van der Waals surface area contributed by atoms with E-state index in [1.54, 1.807) is 6.20 Å². The van der Waals surface area contributed by atoms with Gasteiger partial charge in [0.05, 0.1) is 18.8 Å². The molecule has 236 valence electrons. The van der Waals surface area contributed by atoms with Crippen LogP contribution in [0, 0.1) is 0 Å². The fourth-order valence-corrected chi connectivity index (χ4v) is 4.76. The van der Waals surface area contributed by atoms with Crippen LogP contribution in [0.25, 0.3) is 10.9 Å². The topological polar surface area (TPSA) is 258 Å². The van der Waals surface area contributed by atoms with Gasteiger partial charge in [-0.3, -0.25) is 19.2 Å². The van der Waals surface area contributed by atoms with Gasteiger partial charge in [-0.25, -0.2) is 9.78 Å². The Morgan fingerprint density at radius 1 is 0.822 bits per heavy atom. The van der Waals surface area contributed by atoms with E-state index in [2.05, 4.69) is 30.9 Å². The van der Waals surface area contributed by atoms with Crippen molar-refractivity contribution in [3.63, 3.8) is 0 Å². The number of benzene rings is 2. The van der Waals surface area contributed by atoms with E-state index < -0.39 is 60.2 Å². The summed E-state index contributed by atoms with van der Waals surface area (Å²) in [7, 11) is 0. The number of rotatable bonds is 15. The number of aromatic hydroxyl groups is 1. The molecular formula is C30H34N8O7. The lowest BCUT2D eigenvalue weighted by atomic mass is 10.0. The number of phenolic OH excluding ortho intramolecular Hbond substituents is 1. The Morgan fingerprint density at radius 2 is 1.49 bits per heavy atom. The maximum atomic E-state index is 13.4. The molecule has 2 aromatic heterocycles. The summed E-state index contributed by atoms with van der Waals surface area (Å²) in [5.41, 5.74) is 14.1. The minimum atomic E-state index is -1.49. The van der Waals surface area contributed by atoms with Crippen molar-refractivity contribution in [1.29, 1.82) is 0 Å². The minimum Gasteiger partial charge on any atom is -0.508 e. The number of carboxylic acid groups (broad SMARTS) is 1. The van der Waals surface area contributed by atoms with Crippen LogP contribution in [-0.2, 0) is 43.2 Å². The van der Waals surface area contributed by atoms with Gasteiger partial charge in [0.25, 0.3) is 0 Å². The Hall–Kier alpha value is -5.70. The highest BCUT2D eigenvalue weighted by molar-refractivity contribution is 5.96. The Kier molecular flexibility index (Phi) is 10.5. The Morgan fingerprint density at radius 3 is 2.16 bits per heavy atom. The number of primary amides is 1. The first-order valence-corrected chi connectivity index (χ1v) is 14.0. The third-order valence-corrected chi connectivity index (χ3v) is 7.09. The van der Waals surface area contributed by atoms with Gasteiger partial charge in [0.15, 0.2) is 0 Å². The summed E-state index contributed by atoms with van der Waals surface area (Å²) in [6.07, 6.45) is 3.81. The quantitative estimate of drug-likeness (QED) is 0.0820. The highest BCUT2D eigenvalue weighted by Gasteiger charge is 2.32. The number of nitrogens with two attached hydrogens (primary N) is 2. The second kappa shape index (κ2) is 14.7. The van der Waals surface area contributed by atoms with Crippen LogP contribution in [0.5, 0.6) is 5.75 Å². The van der Waals surface area contributed by atoms with Gasteiger partial charge in [0.1, 0.15) is 23.9 Å². The number of nitrogens with one attached hydrogen (secondary N) is 5. The fourth-order valence-electron chi connectivity index (χ4n) is 4.76. The van der Waals surface area contributed by atoms with Gasteiger partial charge in [-0.1, -0.05) is 30.3 Å². The molecule has 2 heterocycles. The number of phenols is 1. The van der Waals surface area contributed by atoms with Crippen LogP contribution in [0.15, 0.2) is 67.3 Å². The van der Waals surface area contributed by atoms with E-state index >= 15 is 0 Å².